The fraction of sp³-hybridized carbons (Fsp3) is 0.364. The summed E-state index contributed by atoms with van der Waals surface area (Å²) in [6.45, 7) is -0.0833. The Morgan fingerprint density at radius 1 is 1.37 bits per heavy atom. The van der Waals surface area contributed by atoms with Crippen LogP contribution in [-0.2, 0) is 4.79 Å². The molecule has 1 rings (SSSR count). The normalized spacial score (nSPS) is 11.3. The number of halogens is 5. The van der Waals surface area contributed by atoms with Gasteiger partial charge in [-0.15, -0.1) is 0 Å². The lowest BCUT2D eigenvalue weighted by Crippen LogP contribution is -2.37. The average molecular weight is 343 g/mol. The van der Waals surface area contributed by atoms with Crippen LogP contribution in [0, 0.1) is 12.7 Å². The van der Waals surface area contributed by atoms with Gasteiger partial charge < -0.3 is 10.6 Å². The maximum absolute atomic E-state index is 13.1. The highest BCUT2D eigenvalue weighted by molar-refractivity contribution is 9.10. The largest absolute Gasteiger partial charge is 0.405 e. The SMILES string of the molecule is Cc1cc(F)c(Br)cc1NCC(=O)NCC(F)(F)F. The second-order valence-electron chi connectivity index (χ2n) is 3.83. The number of aryl methyl sites for hydroxylation is 1. The molecule has 1 aromatic rings. The molecule has 0 aliphatic carbocycles. The maximum Gasteiger partial charge on any atom is 0.405 e. The van der Waals surface area contributed by atoms with Crippen molar-refractivity contribution in [2.45, 2.75) is 13.1 Å². The Morgan fingerprint density at radius 3 is 2.58 bits per heavy atom. The second-order valence-corrected chi connectivity index (χ2v) is 4.68. The fourth-order valence-corrected chi connectivity index (χ4v) is 1.62. The standard InChI is InChI=1S/C11H11BrF4N2O/c1-6-2-8(13)7(12)3-9(6)17-4-10(19)18-5-11(14,15)16/h2-3,17H,4-5H2,1H3,(H,18,19). The summed E-state index contributed by atoms with van der Waals surface area (Å²) in [5.74, 6) is -1.25. The van der Waals surface area contributed by atoms with Crippen LogP contribution in [-0.4, -0.2) is 25.2 Å². The van der Waals surface area contributed by atoms with Crippen LogP contribution < -0.4 is 10.6 Å². The van der Waals surface area contributed by atoms with Gasteiger partial charge in [0.15, 0.2) is 0 Å². The van der Waals surface area contributed by atoms with Gasteiger partial charge in [-0.1, -0.05) is 0 Å². The van der Waals surface area contributed by atoms with Crippen LogP contribution in [0.2, 0.25) is 0 Å². The number of rotatable bonds is 4. The maximum atomic E-state index is 13.1. The van der Waals surface area contributed by atoms with E-state index in [1.165, 1.54) is 12.1 Å². The number of hydrogen-bond donors (Lipinski definition) is 2. The predicted molar refractivity (Wildman–Crippen MR) is 66.4 cm³/mol. The molecule has 0 radical (unpaired) electrons. The first kappa shape index (κ1) is 15.7. The summed E-state index contributed by atoms with van der Waals surface area (Å²) in [5, 5.41) is 4.37. The highest BCUT2D eigenvalue weighted by Gasteiger charge is 2.27. The summed E-state index contributed by atoms with van der Waals surface area (Å²) in [6, 6.07) is 2.67. The first-order valence-electron chi connectivity index (χ1n) is 5.22. The zero-order valence-corrected chi connectivity index (χ0v) is 11.5. The molecule has 0 aliphatic heterocycles. The number of carbonyl (C=O) groups is 1. The van der Waals surface area contributed by atoms with Crippen molar-refractivity contribution in [3.05, 3.63) is 28.0 Å². The molecular weight excluding hydrogens is 332 g/mol. The molecule has 0 saturated heterocycles. The van der Waals surface area contributed by atoms with Crippen LogP contribution in [0.3, 0.4) is 0 Å². The number of benzene rings is 1. The van der Waals surface area contributed by atoms with E-state index in [9.17, 15) is 22.4 Å². The smallest absolute Gasteiger partial charge is 0.376 e. The van der Waals surface area contributed by atoms with E-state index >= 15 is 0 Å². The minimum Gasteiger partial charge on any atom is -0.376 e. The lowest BCUT2D eigenvalue weighted by Gasteiger charge is -2.12. The van der Waals surface area contributed by atoms with Crippen molar-refractivity contribution in [2.75, 3.05) is 18.4 Å². The molecule has 0 aromatic heterocycles. The van der Waals surface area contributed by atoms with Crippen molar-refractivity contribution in [2.24, 2.45) is 0 Å². The highest BCUT2D eigenvalue weighted by atomic mass is 79.9. The molecule has 0 fully saturated rings. The van der Waals surface area contributed by atoms with Crippen LogP contribution >= 0.6 is 15.9 Å². The Bertz CT molecular complexity index is 476. The molecule has 106 valence electrons. The Hall–Kier alpha value is -1.31. The lowest BCUT2D eigenvalue weighted by atomic mass is 10.2. The Morgan fingerprint density at radius 2 is 2.00 bits per heavy atom. The number of hydrogen-bond acceptors (Lipinski definition) is 2. The average Bonchev–Trinajstić information content (AvgIpc) is 2.28. The van der Waals surface area contributed by atoms with Crippen LogP contribution in [0.4, 0.5) is 23.2 Å². The summed E-state index contributed by atoms with van der Waals surface area (Å²) in [5.41, 5.74) is 1.01. The van der Waals surface area contributed by atoms with E-state index < -0.39 is 24.4 Å². The van der Waals surface area contributed by atoms with Crippen molar-refractivity contribution in [1.82, 2.24) is 5.32 Å². The van der Waals surface area contributed by atoms with E-state index in [0.29, 0.717) is 11.3 Å². The molecule has 19 heavy (non-hydrogen) atoms. The van der Waals surface area contributed by atoms with Crippen molar-refractivity contribution >= 4 is 27.5 Å². The van der Waals surface area contributed by atoms with Crippen LogP contribution in [0.15, 0.2) is 16.6 Å². The number of amides is 1. The van der Waals surface area contributed by atoms with E-state index in [2.05, 4.69) is 21.2 Å². The number of nitrogens with one attached hydrogen (secondary N) is 2. The van der Waals surface area contributed by atoms with Gasteiger partial charge >= 0.3 is 6.18 Å². The summed E-state index contributed by atoms with van der Waals surface area (Å²) >= 11 is 2.98. The molecule has 0 saturated carbocycles. The molecule has 0 aliphatic rings. The zero-order valence-electron chi connectivity index (χ0n) is 9.87. The molecule has 1 amide bonds. The number of carbonyl (C=O) groups excluding carboxylic acids is 1. The molecule has 3 nitrogen and oxygen atoms in total. The third-order valence-electron chi connectivity index (χ3n) is 2.19. The third-order valence-corrected chi connectivity index (χ3v) is 2.80. The zero-order chi connectivity index (χ0) is 14.6. The van der Waals surface area contributed by atoms with E-state index in [0.717, 1.165) is 0 Å². The van der Waals surface area contributed by atoms with Gasteiger partial charge in [0.1, 0.15) is 12.4 Å². The number of alkyl halides is 3. The molecule has 0 unspecified atom stereocenters. The van der Waals surface area contributed by atoms with E-state index in [1.807, 2.05) is 0 Å². The molecular formula is C11H11BrF4N2O. The van der Waals surface area contributed by atoms with E-state index in [4.69, 9.17) is 0 Å². The Labute approximate surface area is 115 Å². The van der Waals surface area contributed by atoms with Gasteiger partial charge in [-0.25, -0.2) is 4.39 Å². The number of anilines is 1. The van der Waals surface area contributed by atoms with Crippen LogP contribution in [0.1, 0.15) is 5.56 Å². The Balaban J connectivity index is 2.53. The Kier molecular flexibility index (Phi) is 5.16. The van der Waals surface area contributed by atoms with Gasteiger partial charge in [-0.2, -0.15) is 13.2 Å². The molecule has 0 spiro atoms. The first-order chi connectivity index (χ1) is 8.69. The fourth-order valence-electron chi connectivity index (χ4n) is 1.27. The van der Waals surface area contributed by atoms with E-state index in [-0.39, 0.29) is 11.0 Å². The van der Waals surface area contributed by atoms with Crippen molar-refractivity contribution in [1.29, 1.82) is 0 Å². The van der Waals surface area contributed by atoms with Gasteiger partial charge in [0.2, 0.25) is 5.91 Å². The van der Waals surface area contributed by atoms with Crippen molar-refractivity contribution in [3.63, 3.8) is 0 Å². The van der Waals surface area contributed by atoms with Crippen molar-refractivity contribution < 1.29 is 22.4 Å². The lowest BCUT2D eigenvalue weighted by molar-refractivity contribution is -0.137. The highest BCUT2D eigenvalue weighted by Crippen LogP contribution is 2.23. The molecule has 2 N–H and O–H groups in total. The van der Waals surface area contributed by atoms with Crippen LogP contribution in [0.5, 0.6) is 0 Å². The monoisotopic (exact) mass is 342 g/mol. The molecule has 1 aromatic carbocycles. The van der Waals surface area contributed by atoms with Gasteiger partial charge in [0.25, 0.3) is 0 Å². The topological polar surface area (TPSA) is 41.1 Å². The summed E-state index contributed by atoms with van der Waals surface area (Å²) in [4.78, 5) is 11.2. The predicted octanol–water partition coefficient (Wildman–Crippen LogP) is 2.99. The van der Waals surface area contributed by atoms with Gasteiger partial charge in [0.05, 0.1) is 11.0 Å². The molecule has 0 heterocycles. The molecule has 8 heteroatoms. The van der Waals surface area contributed by atoms with E-state index in [1.54, 1.807) is 12.2 Å². The second kappa shape index (κ2) is 6.23. The van der Waals surface area contributed by atoms with Gasteiger partial charge in [0, 0.05) is 5.69 Å². The van der Waals surface area contributed by atoms with Gasteiger partial charge in [-0.05, 0) is 40.5 Å². The minimum atomic E-state index is -4.44. The van der Waals surface area contributed by atoms with Gasteiger partial charge in [-0.3, -0.25) is 4.79 Å². The first-order valence-corrected chi connectivity index (χ1v) is 6.01. The summed E-state index contributed by atoms with van der Waals surface area (Å²) < 4.78 is 48.9. The summed E-state index contributed by atoms with van der Waals surface area (Å²) in [6.07, 6.45) is -4.44. The minimum absolute atomic E-state index is 0.205. The van der Waals surface area contributed by atoms with Crippen LogP contribution in [0.25, 0.3) is 0 Å². The third kappa shape index (κ3) is 5.46. The summed E-state index contributed by atoms with van der Waals surface area (Å²) in [7, 11) is 0. The van der Waals surface area contributed by atoms with Crippen molar-refractivity contribution in [3.8, 4) is 0 Å². The molecule has 0 bridgehead atoms. The molecule has 0 atom stereocenters. The quantitative estimate of drug-likeness (QED) is 0.826.